The second-order valence-electron chi connectivity index (χ2n) is 16.6. The fourth-order valence-electron chi connectivity index (χ4n) is 8.70. The Morgan fingerprint density at radius 2 is 1.47 bits per heavy atom. The van der Waals surface area contributed by atoms with Gasteiger partial charge in [-0.25, -0.2) is 4.79 Å². The van der Waals surface area contributed by atoms with Crippen LogP contribution < -0.4 is 0 Å². The number of benzene rings is 1. The van der Waals surface area contributed by atoms with E-state index in [1.165, 1.54) is 0 Å². The zero-order valence-corrected chi connectivity index (χ0v) is 35.4. The number of esters is 1. The largest absolute Gasteiger partial charge is 0.463 e. The van der Waals surface area contributed by atoms with Crippen molar-refractivity contribution in [2.45, 2.75) is 185 Å². The molecule has 4 aliphatic heterocycles. The maximum atomic E-state index is 13.0. The minimum Gasteiger partial charge on any atom is -0.463 e. The lowest BCUT2D eigenvalue weighted by Gasteiger charge is -2.50. The van der Waals surface area contributed by atoms with Gasteiger partial charge in [0.1, 0.15) is 42.7 Å². The number of unbranched alkanes of at least 4 members (excludes halogenated alkanes) is 3. The van der Waals surface area contributed by atoms with Crippen molar-refractivity contribution >= 4 is 5.97 Å². The molecule has 16 atom stereocenters. The van der Waals surface area contributed by atoms with Gasteiger partial charge < -0.3 is 57.2 Å². The number of aliphatic hydroxyl groups excluding tert-OH is 1. The SMILES string of the molecule is C=CC[C@H]1COC(=O)[C@@H]1OC1C(O)[C@H](O[C@@H]2CCC[C@@H](C)C2O[C@@H]2OC(C)[C@@H](OCCCC)C(OCCCC)[C@@H]2OCCCC)O[C@H]2COC(c3ccccc3)O[C@H]12. The Bertz CT molecular complexity index is 1370. The van der Waals surface area contributed by atoms with Gasteiger partial charge in [-0.2, -0.15) is 0 Å². The molecule has 0 bridgehead atoms. The normalized spacial score (nSPS) is 39.2. The van der Waals surface area contributed by atoms with Crippen LogP contribution in [-0.2, 0) is 56.9 Å². The van der Waals surface area contributed by atoms with Crippen molar-refractivity contribution in [2.75, 3.05) is 33.0 Å². The van der Waals surface area contributed by atoms with Crippen molar-refractivity contribution in [2.24, 2.45) is 11.8 Å². The van der Waals surface area contributed by atoms with Crippen molar-refractivity contribution < 1.29 is 62.0 Å². The third-order valence-corrected chi connectivity index (χ3v) is 12.1. The number of ether oxygens (including phenoxy) is 11. The third kappa shape index (κ3) is 11.3. The maximum Gasteiger partial charge on any atom is 0.335 e. The molecule has 4 saturated heterocycles. The summed E-state index contributed by atoms with van der Waals surface area (Å²) in [5.41, 5.74) is 0.821. The number of aliphatic hydroxyl groups is 1. The Balaban J connectivity index is 1.22. The molecular formula is C45H70O13. The van der Waals surface area contributed by atoms with E-state index in [4.69, 9.17) is 52.1 Å². The van der Waals surface area contributed by atoms with Gasteiger partial charge in [-0.3, -0.25) is 0 Å². The summed E-state index contributed by atoms with van der Waals surface area (Å²) in [6.07, 6.45) is 0.861. The summed E-state index contributed by atoms with van der Waals surface area (Å²) in [6, 6.07) is 9.58. The molecule has 6 unspecified atom stereocenters. The highest BCUT2D eigenvalue weighted by atomic mass is 16.8. The van der Waals surface area contributed by atoms with Gasteiger partial charge in [-0.1, -0.05) is 89.8 Å². The maximum absolute atomic E-state index is 13.0. The third-order valence-electron chi connectivity index (χ3n) is 12.1. The van der Waals surface area contributed by atoms with E-state index in [0.717, 1.165) is 56.9 Å². The van der Waals surface area contributed by atoms with E-state index in [9.17, 15) is 9.90 Å². The van der Waals surface area contributed by atoms with E-state index in [0.29, 0.717) is 32.7 Å². The van der Waals surface area contributed by atoms with Crippen LogP contribution in [0, 0.1) is 11.8 Å². The van der Waals surface area contributed by atoms with E-state index < -0.39 is 73.7 Å². The Morgan fingerprint density at radius 1 is 0.776 bits per heavy atom. The van der Waals surface area contributed by atoms with Crippen LogP contribution in [0.15, 0.2) is 43.0 Å². The molecule has 13 nitrogen and oxygen atoms in total. The Labute approximate surface area is 345 Å². The predicted molar refractivity (Wildman–Crippen MR) is 214 cm³/mol. The van der Waals surface area contributed by atoms with Gasteiger partial charge in [-0.15, -0.1) is 6.58 Å². The summed E-state index contributed by atoms with van der Waals surface area (Å²) < 4.78 is 71.3. The van der Waals surface area contributed by atoms with E-state index in [1.807, 2.05) is 37.3 Å². The first-order valence-electron chi connectivity index (χ1n) is 22.2. The quantitative estimate of drug-likeness (QED) is 0.0813. The van der Waals surface area contributed by atoms with Crippen LogP contribution in [0.3, 0.4) is 0 Å². The van der Waals surface area contributed by atoms with Crippen molar-refractivity contribution in [1.82, 2.24) is 0 Å². The number of hydrogen-bond acceptors (Lipinski definition) is 13. The van der Waals surface area contributed by atoms with Crippen LogP contribution in [-0.4, -0.2) is 124 Å². The van der Waals surface area contributed by atoms with E-state index in [1.54, 1.807) is 6.08 Å². The summed E-state index contributed by atoms with van der Waals surface area (Å²) >= 11 is 0. The molecule has 1 aromatic carbocycles. The van der Waals surface area contributed by atoms with Crippen LogP contribution in [0.5, 0.6) is 0 Å². The summed E-state index contributed by atoms with van der Waals surface area (Å²) in [4.78, 5) is 13.0. The van der Waals surface area contributed by atoms with Crippen LogP contribution in [0.1, 0.15) is 111 Å². The molecule has 0 radical (unpaired) electrons. The van der Waals surface area contributed by atoms with Crippen molar-refractivity contribution in [3.63, 3.8) is 0 Å². The van der Waals surface area contributed by atoms with E-state index in [-0.39, 0.29) is 43.4 Å². The van der Waals surface area contributed by atoms with Crippen molar-refractivity contribution in [1.29, 1.82) is 0 Å². The number of fused-ring (bicyclic) bond motifs is 1. The Morgan fingerprint density at radius 3 is 2.16 bits per heavy atom. The highest BCUT2D eigenvalue weighted by molar-refractivity contribution is 5.77. The minimum absolute atomic E-state index is 0.0911. The lowest BCUT2D eigenvalue weighted by Crippen LogP contribution is -2.65. The lowest BCUT2D eigenvalue weighted by atomic mass is 9.85. The van der Waals surface area contributed by atoms with Gasteiger partial charge in [0.25, 0.3) is 0 Å². The Kier molecular flexibility index (Phi) is 17.8. The summed E-state index contributed by atoms with van der Waals surface area (Å²) in [6.45, 7) is 16.6. The first-order valence-corrected chi connectivity index (χ1v) is 22.2. The number of carbonyl (C=O) groups is 1. The zero-order valence-electron chi connectivity index (χ0n) is 35.4. The molecule has 6 rings (SSSR count). The Hall–Kier alpha value is -2.01. The monoisotopic (exact) mass is 818 g/mol. The van der Waals surface area contributed by atoms with Crippen LogP contribution >= 0.6 is 0 Å². The fourth-order valence-corrected chi connectivity index (χ4v) is 8.70. The number of rotatable bonds is 21. The van der Waals surface area contributed by atoms with Gasteiger partial charge in [0.15, 0.2) is 25.0 Å². The second-order valence-corrected chi connectivity index (χ2v) is 16.6. The van der Waals surface area contributed by atoms with Crippen molar-refractivity contribution in [3.8, 4) is 0 Å². The fraction of sp³-hybridized carbons (Fsp3) is 0.800. The molecule has 1 N–H and O–H groups in total. The van der Waals surface area contributed by atoms with Crippen molar-refractivity contribution in [3.05, 3.63) is 48.6 Å². The molecule has 1 saturated carbocycles. The standard InChI is InChI=1S/C45H70O13/c1-7-11-23-48-36-29(6)53-45(41(50-25-13-9-3)40(36)49-24-12-8-2)57-35-28(5)19-17-22-32(35)54-44-34(46)39(56-37-31(18-10-4)26-51-42(37)47)38-33(55-44)27-52-43(58-38)30-20-15-14-16-21-30/h10,14-16,20-21,28-29,31-41,43-46H,4,7-9,11-13,17-19,22-27H2,1-3,5-6H3/t28-,29?,31+,32-,33+,34?,35?,36-,37-,38+,39?,40?,41+,43?,44-,45+/m1/s1. The molecule has 0 aromatic heterocycles. The lowest BCUT2D eigenvalue weighted by molar-refractivity contribution is -0.383. The predicted octanol–water partition coefficient (Wildman–Crippen LogP) is 6.58. The van der Waals surface area contributed by atoms with Gasteiger partial charge in [-0.05, 0) is 51.4 Å². The number of cyclic esters (lactones) is 1. The van der Waals surface area contributed by atoms with Gasteiger partial charge in [0.05, 0.1) is 31.5 Å². The molecule has 1 aromatic rings. The van der Waals surface area contributed by atoms with E-state index in [2.05, 4.69) is 34.3 Å². The van der Waals surface area contributed by atoms with Gasteiger partial charge >= 0.3 is 5.97 Å². The zero-order chi connectivity index (χ0) is 41.0. The first-order chi connectivity index (χ1) is 28.3. The summed E-state index contributed by atoms with van der Waals surface area (Å²) in [5.74, 6) is -0.641. The number of allylic oxidation sites excluding steroid dienone is 1. The van der Waals surface area contributed by atoms with Crippen LogP contribution in [0.2, 0.25) is 0 Å². The topological polar surface area (TPSA) is 139 Å². The smallest absolute Gasteiger partial charge is 0.335 e. The van der Waals surface area contributed by atoms with Gasteiger partial charge in [0.2, 0.25) is 0 Å². The molecule has 5 fully saturated rings. The number of carbonyl (C=O) groups excluding carboxylic acids is 1. The molecular weight excluding hydrogens is 748 g/mol. The average Bonchev–Trinajstić information content (AvgIpc) is 3.57. The van der Waals surface area contributed by atoms with Crippen LogP contribution in [0.4, 0.5) is 0 Å². The summed E-state index contributed by atoms with van der Waals surface area (Å²) in [5, 5.41) is 12.2. The second kappa shape index (κ2) is 22.7. The molecule has 0 amide bonds. The molecule has 4 heterocycles. The van der Waals surface area contributed by atoms with E-state index >= 15 is 0 Å². The molecule has 13 heteroatoms. The van der Waals surface area contributed by atoms with Crippen LogP contribution in [0.25, 0.3) is 0 Å². The molecule has 0 spiro atoms. The van der Waals surface area contributed by atoms with Gasteiger partial charge in [0, 0.05) is 31.3 Å². The molecule has 58 heavy (non-hydrogen) atoms. The highest BCUT2D eigenvalue weighted by Crippen LogP contribution is 2.40. The minimum atomic E-state index is -1.32. The summed E-state index contributed by atoms with van der Waals surface area (Å²) in [7, 11) is 0. The average molecular weight is 819 g/mol. The molecule has 1 aliphatic carbocycles. The number of hydrogen-bond donors (Lipinski definition) is 1. The molecule has 5 aliphatic rings. The molecule has 328 valence electrons. The highest BCUT2D eigenvalue weighted by Gasteiger charge is 2.55. The first kappa shape index (κ1) is 45.5.